The van der Waals surface area contributed by atoms with Gasteiger partial charge in [0.15, 0.2) is 0 Å². The number of nitrogens with zero attached hydrogens (tertiary/aromatic N) is 1. The fourth-order valence-electron chi connectivity index (χ4n) is 1.30. The van der Waals surface area contributed by atoms with Crippen LogP contribution in [0.1, 0.15) is 21.8 Å². The van der Waals surface area contributed by atoms with Gasteiger partial charge in [0.1, 0.15) is 5.76 Å². The third-order valence-corrected chi connectivity index (χ3v) is 2.61. The van der Waals surface area contributed by atoms with E-state index in [9.17, 15) is 4.79 Å². The second kappa shape index (κ2) is 4.59. The average Bonchev–Trinajstić information content (AvgIpc) is 2.58. The molecule has 0 bridgehead atoms. The fourth-order valence-corrected chi connectivity index (χ4v) is 1.42. The van der Waals surface area contributed by atoms with Crippen LogP contribution in [0.2, 0.25) is 5.02 Å². The highest BCUT2D eigenvalue weighted by molar-refractivity contribution is 6.30. The predicted octanol–water partition coefficient (Wildman–Crippen LogP) is 3.20. The molecule has 0 unspecified atom stereocenters. The van der Waals surface area contributed by atoms with Gasteiger partial charge in [-0.2, -0.15) is 4.98 Å². The molecule has 4 nitrogen and oxygen atoms in total. The van der Waals surface area contributed by atoms with Crippen molar-refractivity contribution in [3.63, 3.8) is 0 Å². The molecule has 0 radical (unpaired) electrons. The van der Waals surface area contributed by atoms with Gasteiger partial charge in [-0.3, -0.25) is 10.1 Å². The standard InChI is InChI=1S/C12H11ClN2O2/c1-7-8(2)17-12(14-7)15-11(16)9-3-5-10(13)6-4-9/h3-6H,1-2H3,(H,14,15,16). The molecule has 0 aliphatic carbocycles. The van der Waals surface area contributed by atoms with Gasteiger partial charge in [-0.1, -0.05) is 11.6 Å². The van der Waals surface area contributed by atoms with Crippen LogP contribution in [0.4, 0.5) is 6.01 Å². The van der Waals surface area contributed by atoms with Crippen LogP contribution >= 0.6 is 11.6 Å². The number of aryl methyl sites for hydroxylation is 2. The van der Waals surface area contributed by atoms with Gasteiger partial charge < -0.3 is 4.42 Å². The molecule has 0 aliphatic rings. The number of anilines is 1. The molecule has 88 valence electrons. The maximum atomic E-state index is 11.8. The van der Waals surface area contributed by atoms with Crippen LogP contribution in [0.25, 0.3) is 0 Å². The molecule has 2 rings (SSSR count). The second-order valence-corrected chi connectivity index (χ2v) is 4.06. The first-order chi connectivity index (χ1) is 8.06. The molecule has 2 aromatic rings. The number of nitrogens with one attached hydrogen (secondary N) is 1. The molecule has 0 saturated carbocycles. The molecule has 0 saturated heterocycles. The zero-order valence-electron chi connectivity index (χ0n) is 9.45. The number of halogens is 1. The van der Waals surface area contributed by atoms with Crippen molar-refractivity contribution in [2.45, 2.75) is 13.8 Å². The summed E-state index contributed by atoms with van der Waals surface area (Å²) in [6.07, 6.45) is 0. The predicted molar refractivity (Wildman–Crippen MR) is 65.4 cm³/mol. The number of carbonyl (C=O) groups excluding carboxylic acids is 1. The number of benzene rings is 1. The van der Waals surface area contributed by atoms with Crippen LogP contribution in [0.5, 0.6) is 0 Å². The number of hydrogen-bond acceptors (Lipinski definition) is 3. The number of amides is 1. The molecular weight excluding hydrogens is 240 g/mol. The molecule has 1 aromatic heterocycles. The van der Waals surface area contributed by atoms with Crippen molar-refractivity contribution in [2.75, 3.05) is 5.32 Å². The molecule has 0 spiro atoms. The molecule has 1 heterocycles. The van der Waals surface area contributed by atoms with Crippen LogP contribution in [0, 0.1) is 13.8 Å². The normalized spacial score (nSPS) is 10.3. The van der Waals surface area contributed by atoms with Crippen molar-refractivity contribution in [3.05, 3.63) is 46.3 Å². The van der Waals surface area contributed by atoms with Crippen LogP contribution in [0.3, 0.4) is 0 Å². The first kappa shape index (κ1) is 11.7. The van der Waals surface area contributed by atoms with E-state index < -0.39 is 0 Å². The molecule has 1 aromatic carbocycles. The maximum absolute atomic E-state index is 11.8. The third kappa shape index (κ3) is 2.65. The van der Waals surface area contributed by atoms with Gasteiger partial charge in [-0.25, -0.2) is 0 Å². The zero-order chi connectivity index (χ0) is 12.4. The first-order valence-corrected chi connectivity index (χ1v) is 5.45. The Bertz CT molecular complexity index is 527. The van der Waals surface area contributed by atoms with E-state index in [1.165, 1.54) is 0 Å². The Labute approximate surface area is 104 Å². The number of rotatable bonds is 2. The fraction of sp³-hybridized carbons (Fsp3) is 0.167. The van der Waals surface area contributed by atoms with Gasteiger partial charge in [0.25, 0.3) is 5.91 Å². The maximum Gasteiger partial charge on any atom is 0.302 e. The minimum atomic E-state index is -0.275. The summed E-state index contributed by atoms with van der Waals surface area (Å²) < 4.78 is 5.26. The summed E-state index contributed by atoms with van der Waals surface area (Å²) in [5.41, 5.74) is 1.26. The van der Waals surface area contributed by atoms with Gasteiger partial charge in [0, 0.05) is 10.6 Å². The molecule has 17 heavy (non-hydrogen) atoms. The van der Waals surface area contributed by atoms with E-state index >= 15 is 0 Å². The van der Waals surface area contributed by atoms with E-state index in [-0.39, 0.29) is 11.9 Å². The van der Waals surface area contributed by atoms with Crippen LogP contribution in [-0.2, 0) is 0 Å². The van der Waals surface area contributed by atoms with Crippen LogP contribution in [-0.4, -0.2) is 10.9 Å². The highest BCUT2D eigenvalue weighted by atomic mass is 35.5. The Balaban J connectivity index is 2.14. The largest absolute Gasteiger partial charge is 0.428 e. The monoisotopic (exact) mass is 250 g/mol. The van der Waals surface area contributed by atoms with Crippen LogP contribution in [0.15, 0.2) is 28.7 Å². The highest BCUT2D eigenvalue weighted by Gasteiger charge is 2.10. The number of hydrogen-bond donors (Lipinski definition) is 1. The van der Waals surface area contributed by atoms with Crippen molar-refractivity contribution >= 4 is 23.5 Å². The molecule has 0 atom stereocenters. The van der Waals surface area contributed by atoms with Crippen molar-refractivity contribution in [1.82, 2.24) is 4.98 Å². The number of aromatic nitrogens is 1. The Morgan fingerprint density at radius 1 is 1.29 bits per heavy atom. The van der Waals surface area contributed by atoms with Gasteiger partial charge in [0.2, 0.25) is 0 Å². The van der Waals surface area contributed by atoms with E-state index in [0.717, 1.165) is 5.69 Å². The van der Waals surface area contributed by atoms with Crippen molar-refractivity contribution in [1.29, 1.82) is 0 Å². The summed E-state index contributed by atoms with van der Waals surface area (Å²) in [7, 11) is 0. The molecule has 1 N–H and O–H groups in total. The summed E-state index contributed by atoms with van der Waals surface area (Å²) in [5, 5.41) is 3.17. The Morgan fingerprint density at radius 2 is 1.94 bits per heavy atom. The van der Waals surface area contributed by atoms with Crippen molar-refractivity contribution in [3.8, 4) is 0 Å². The Kier molecular flexibility index (Phi) is 3.15. The quantitative estimate of drug-likeness (QED) is 0.891. The molecular formula is C12H11ClN2O2. The lowest BCUT2D eigenvalue weighted by molar-refractivity contribution is 0.102. The lowest BCUT2D eigenvalue weighted by atomic mass is 10.2. The van der Waals surface area contributed by atoms with E-state index in [0.29, 0.717) is 16.3 Å². The average molecular weight is 251 g/mol. The SMILES string of the molecule is Cc1nc(NC(=O)c2ccc(Cl)cc2)oc1C. The molecule has 1 amide bonds. The second-order valence-electron chi connectivity index (χ2n) is 3.62. The summed E-state index contributed by atoms with van der Waals surface area (Å²) in [5.74, 6) is 0.416. The Hall–Kier alpha value is -1.81. The van der Waals surface area contributed by atoms with Crippen molar-refractivity contribution < 1.29 is 9.21 Å². The molecule has 0 fully saturated rings. The van der Waals surface area contributed by atoms with E-state index in [2.05, 4.69) is 10.3 Å². The first-order valence-electron chi connectivity index (χ1n) is 5.07. The lowest BCUT2D eigenvalue weighted by Crippen LogP contribution is -2.11. The minimum absolute atomic E-state index is 0.208. The third-order valence-electron chi connectivity index (χ3n) is 2.36. The van der Waals surface area contributed by atoms with Gasteiger partial charge in [0.05, 0.1) is 5.69 Å². The number of carbonyl (C=O) groups is 1. The Morgan fingerprint density at radius 3 is 2.47 bits per heavy atom. The summed E-state index contributed by atoms with van der Waals surface area (Å²) in [6, 6.07) is 6.80. The van der Waals surface area contributed by atoms with Gasteiger partial charge in [-0.15, -0.1) is 0 Å². The van der Waals surface area contributed by atoms with Gasteiger partial charge >= 0.3 is 6.01 Å². The lowest BCUT2D eigenvalue weighted by Gasteiger charge is -2.00. The number of oxazole rings is 1. The summed E-state index contributed by atoms with van der Waals surface area (Å²) in [4.78, 5) is 15.9. The van der Waals surface area contributed by atoms with Crippen LogP contribution < -0.4 is 5.32 Å². The molecule has 0 aliphatic heterocycles. The van der Waals surface area contributed by atoms with E-state index in [4.69, 9.17) is 16.0 Å². The summed E-state index contributed by atoms with van der Waals surface area (Å²) in [6.45, 7) is 3.61. The topological polar surface area (TPSA) is 55.1 Å². The summed E-state index contributed by atoms with van der Waals surface area (Å²) >= 11 is 5.74. The minimum Gasteiger partial charge on any atom is -0.428 e. The van der Waals surface area contributed by atoms with Crippen molar-refractivity contribution in [2.24, 2.45) is 0 Å². The van der Waals surface area contributed by atoms with Gasteiger partial charge in [-0.05, 0) is 38.1 Å². The molecule has 5 heteroatoms. The smallest absolute Gasteiger partial charge is 0.302 e. The van der Waals surface area contributed by atoms with E-state index in [1.54, 1.807) is 31.2 Å². The zero-order valence-corrected chi connectivity index (χ0v) is 10.2. The van der Waals surface area contributed by atoms with E-state index in [1.807, 2.05) is 6.92 Å². The highest BCUT2D eigenvalue weighted by Crippen LogP contribution is 2.15.